The summed E-state index contributed by atoms with van der Waals surface area (Å²) >= 11 is 0. The van der Waals surface area contributed by atoms with Crippen molar-refractivity contribution in [3.63, 3.8) is 0 Å². The zero-order valence-electron chi connectivity index (χ0n) is 18.8. The summed E-state index contributed by atoms with van der Waals surface area (Å²) in [4.78, 5) is 8.91. The average molecular weight is 433 g/mol. The molecule has 0 aliphatic carbocycles. The van der Waals surface area contributed by atoms with E-state index < -0.39 is 0 Å². The number of benzene rings is 1. The first-order valence-corrected chi connectivity index (χ1v) is 10.4. The van der Waals surface area contributed by atoms with Crippen molar-refractivity contribution in [2.45, 2.75) is 26.7 Å². The van der Waals surface area contributed by atoms with Gasteiger partial charge in [-0.1, -0.05) is 13.0 Å². The first kappa shape index (κ1) is 22.9. The lowest BCUT2D eigenvalue weighted by Crippen LogP contribution is -2.22. The van der Waals surface area contributed by atoms with E-state index in [2.05, 4.69) is 32.4 Å². The fourth-order valence-corrected chi connectivity index (χ4v) is 3.28. The van der Waals surface area contributed by atoms with Crippen LogP contribution in [0.4, 0.5) is 0 Å². The Labute approximate surface area is 188 Å². The SMILES string of the molecule is CCC1=C(N=NCCc2ccccn2)N/C(=C\C(=N)c2ccc(OC)c(OC)c2)N=C1C. The molecule has 3 rings (SSSR count). The summed E-state index contributed by atoms with van der Waals surface area (Å²) in [5.41, 5.74) is 3.82. The highest BCUT2D eigenvalue weighted by atomic mass is 16.5. The molecule has 2 aromatic rings. The molecular formula is C24H28N6O2. The van der Waals surface area contributed by atoms with Crippen molar-refractivity contribution < 1.29 is 9.47 Å². The Morgan fingerprint density at radius 3 is 2.66 bits per heavy atom. The molecule has 166 valence electrons. The minimum atomic E-state index is 0.288. The number of allylic oxidation sites excluding steroid dienone is 2. The van der Waals surface area contributed by atoms with Gasteiger partial charge in [0.2, 0.25) is 0 Å². The lowest BCUT2D eigenvalue weighted by molar-refractivity contribution is 0.355. The van der Waals surface area contributed by atoms with E-state index in [0.717, 1.165) is 29.8 Å². The minimum absolute atomic E-state index is 0.288. The highest BCUT2D eigenvalue weighted by Crippen LogP contribution is 2.28. The Hall–Kier alpha value is -3.81. The van der Waals surface area contributed by atoms with E-state index in [4.69, 9.17) is 14.9 Å². The molecule has 8 heteroatoms. The normalized spacial score (nSPS) is 15.0. The number of rotatable bonds is 9. The number of pyridine rings is 1. The molecule has 0 fully saturated rings. The molecule has 0 saturated carbocycles. The largest absolute Gasteiger partial charge is 0.493 e. The summed E-state index contributed by atoms with van der Waals surface area (Å²) in [5, 5.41) is 20.5. The zero-order valence-corrected chi connectivity index (χ0v) is 18.8. The molecule has 0 spiro atoms. The third-order valence-corrected chi connectivity index (χ3v) is 4.95. The Morgan fingerprint density at radius 2 is 1.97 bits per heavy atom. The molecule has 0 atom stereocenters. The summed E-state index contributed by atoms with van der Waals surface area (Å²) in [5.74, 6) is 2.39. The van der Waals surface area contributed by atoms with Gasteiger partial charge in [0.1, 0.15) is 5.82 Å². The molecule has 1 aromatic heterocycles. The highest BCUT2D eigenvalue weighted by Gasteiger charge is 2.17. The Balaban J connectivity index is 1.75. The van der Waals surface area contributed by atoms with Crippen LogP contribution in [0.3, 0.4) is 0 Å². The summed E-state index contributed by atoms with van der Waals surface area (Å²) in [6.45, 7) is 4.53. The Bertz CT molecular complexity index is 1090. The smallest absolute Gasteiger partial charge is 0.161 e. The summed E-state index contributed by atoms with van der Waals surface area (Å²) in [7, 11) is 3.15. The van der Waals surface area contributed by atoms with E-state index in [1.54, 1.807) is 38.6 Å². The number of aliphatic imine (C=N–C) groups is 1. The van der Waals surface area contributed by atoms with Gasteiger partial charge in [-0.2, -0.15) is 5.11 Å². The summed E-state index contributed by atoms with van der Waals surface area (Å²) in [6, 6.07) is 11.2. The third-order valence-electron chi connectivity index (χ3n) is 4.95. The van der Waals surface area contributed by atoms with Crippen LogP contribution in [0, 0.1) is 5.41 Å². The van der Waals surface area contributed by atoms with Crippen LogP contribution < -0.4 is 14.8 Å². The van der Waals surface area contributed by atoms with E-state index in [1.807, 2.05) is 31.2 Å². The zero-order chi connectivity index (χ0) is 22.9. The highest BCUT2D eigenvalue weighted by molar-refractivity contribution is 6.08. The van der Waals surface area contributed by atoms with Gasteiger partial charge in [-0.25, -0.2) is 4.99 Å². The van der Waals surface area contributed by atoms with Crippen LogP contribution in [-0.4, -0.2) is 37.2 Å². The number of ether oxygens (including phenoxy) is 2. The van der Waals surface area contributed by atoms with Crippen LogP contribution in [0.1, 0.15) is 31.5 Å². The molecule has 2 heterocycles. The molecule has 8 nitrogen and oxygen atoms in total. The quantitative estimate of drug-likeness (QED) is 0.443. The average Bonchev–Trinajstić information content (AvgIpc) is 2.81. The van der Waals surface area contributed by atoms with E-state index in [9.17, 15) is 0 Å². The maximum atomic E-state index is 8.50. The van der Waals surface area contributed by atoms with Crippen LogP contribution in [0.25, 0.3) is 0 Å². The number of hydrogen-bond donors (Lipinski definition) is 2. The van der Waals surface area contributed by atoms with E-state index in [-0.39, 0.29) is 5.71 Å². The van der Waals surface area contributed by atoms with Gasteiger partial charge in [-0.3, -0.25) is 4.98 Å². The second kappa shape index (κ2) is 11.0. The van der Waals surface area contributed by atoms with Gasteiger partial charge in [0.05, 0.1) is 26.5 Å². The van der Waals surface area contributed by atoms with Gasteiger partial charge in [-0.15, -0.1) is 5.11 Å². The molecule has 1 aromatic carbocycles. The van der Waals surface area contributed by atoms with Gasteiger partial charge >= 0.3 is 0 Å². The van der Waals surface area contributed by atoms with Crippen LogP contribution in [0.5, 0.6) is 11.5 Å². The van der Waals surface area contributed by atoms with Crippen molar-refractivity contribution in [3.8, 4) is 11.5 Å². The molecule has 1 aliphatic heterocycles. The van der Waals surface area contributed by atoms with Gasteiger partial charge in [0.15, 0.2) is 17.3 Å². The minimum Gasteiger partial charge on any atom is -0.493 e. The lowest BCUT2D eigenvalue weighted by atomic mass is 10.1. The molecule has 0 bridgehead atoms. The number of aromatic nitrogens is 1. The molecule has 32 heavy (non-hydrogen) atoms. The van der Waals surface area contributed by atoms with Crippen molar-refractivity contribution in [1.82, 2.24) is 10.3 Å². The molecular weight excluding hydrogens is 404 g/mol. The number of methoxy groups -OCH3 is 2. The molecule has 0 radical (unpaired) electrons. The van der Waals surface area contributed by atoms with Crippen molar-refractivity contribution in [3.05, 3.63) is 77.1 Å². The first-order chi connectivity index (χ1) is 15.5. The second-order valence-corrected chi connectivity index (χ2v) is 7.05. The van der Waals surface area contributed by atoms with Crippen LogP contribution in [-0.2, 0) is 6.42 Å². The van der Waals surface area contributed by atoms with E-state index in [1.165, 1.54) is 0 Å². The van der Waals surface area contributed by atoms with Crippen molar-refractivity contribution >= 4 is 11.4 Å². The molecule has 0 saturated heterocycles. The summed E-state index contributed by atoms with van der Waals surface area (Å²) < 4.78 is 10.6. The maximum Gasteiger partial charge on any atom is 0.161 e. The van der Waals surface area contributed by atoms with Crippen LogP contribution in [0.15, 0.2) is 81.1 Å². The van der Waals surface area contributed by atoms with E-state index >= 15 is 0 Å². The van der Waals surface area contributed by atoms with Crippen molar-refractivity contribution in [2.75, 3.05) is 20.8 Å². The predicted molar refractivity (Wildman–Crippen MR) is 126 cm³/mol. The third kappa shape index (κ3) is 5.66. The Kier molecular flexibility index (Phi) is 7.85. The Morgan fingerprint density at radius 1 is 1.16 bits per heavy atom. The van der Waals surface area contributed by atoms with E-state index in [0.29, 0.717) is 35.2 Å². The topological polar surface area (TPSA) is 104 Å². The standard InChI is InChI=1S/C24H28N6O2/c1-5-19-16(2)28-23(15-20(25)17-9-10-21(31-3)22(14-17)32-4)29-24(19)30-27-13-11-18-8-6-7-12-26-18/h6-10,12,14-15,25,29H,5,11,13H2,1-4H3/b23-15-,25-20?,30-27?. The van der Waals surface area contributed by atoms with Crippen LogP contribution >= 0.6 is 0 Å². The maximum absolute atomic E-state index is 8.50. The number of hydrogen-bond acceptors (Lipinski definition) is 8. The van der Waals surface area contributed by atoms with Gasteiger partial charge in [-0.05, 0) is 43.7 Å². The van der Waals surface area contributed by atoms with Crippen LogP contribution in [0.2, 0.25) is 0 Å². The second-order valence-electron chi connectivity index (χ2n) is 7.05. The van der Waals surface area contributed by atoms with Crippen molar-refractivity contribution in [2.24, 2.45) is 15.2 Å². The number of nitrogens with zero attached hydrogens (tertiary/aromatic N) is 4. The monoisotopic (exact) mass is 432 g/mol. The molecule has 2 N–H and O–H groups in total. The predicted octanol–water partition coefficient (Wildman–Crippen LogP) is 4.69. The number of azo groups is 1. The fourth-order valence-electron chi connectivity index (χ4n) is 3.28. The number of nitrogens with one attached hydrogen (secondary N) is 2. The molecule has 1 aliphatic rings. The van der Waals surface area contributed by atoms with Gasteiger partial charge in [0, 0.05) is 41.2 Å². The lowest BCUT2D eigenvalue weighted by Gasteiger charge is -2.18. The molecule has 0 unspecified atom stereocenters. The van der Waals surface area contributed by atoms with Crippen molar-refractivity contribution in [1.29, 1.82) is 5.41 Å². The first-order valence-electron chi connectivity index (χ1n) is 10.4. The van der Waals surface area contributed by atoms with Gasteiger partial charge in [0.25, 0.3) is 0 Å². The fraction of sp³-hybridized carbons (Fsp3) is 0.292. The summed E-state index contributed by atoms with van der Waals surface area (Å²) in [6.07, 6.45) is 4.94. The molecule has 0 amide bonds. The van der Waals surface area contributed by atoms with Gasteiger partial charge < -0.3 is 20.2 Å².